The number of aliphatic hydroxyl groups excluding tert-OH is 1. The molecule has 0 aliphatic carbocycles. The number of pyridine rings is 2. The monoisotopic (exact) mass is 469 g/mol. The third kappa shape index (κ3) is 5.23. The van der Waals surface area contributed by atoms with Crippen LogP contribution in [0, 0.1) is 0 Å². The minimum absolute atomic E-state index is 0.107. The van der Waals surface area contributed by atoms with Gasteiger partial charge in [0, 0.05) is 24.7 Å². The number of ether oxygens (including phenoxy) is 1. The van der Waals surface area contributed by atoms with Crippen molar-refractivity contribution in [1.82, 2.24) is 30.4 Å². The number of thiazole rings is 1. The normalized spacial score (nSPS) is 11.5. The molecule has 11 nitrogen and oxygen atoms in total. The lowest BCUT2D eigenvalue weighted by Crippen LogP contribution is -2.30. The van der Waals surface area contributed by atoms with Crippen LogP contribution in [0.2, 0.25) is 0 Å². The Hall–Kier alpha value is -3.64. The number of fused-ring (bicyclic) bond motifs is 1. The van der Waals surface area contributed by atoms with E-state index in [1.807, 2.05) is 18.2 Å². The molecule has 4 aromatic rings. The number of aliphatic hydroxyl groups is 1. The van der Waals surface area contributed by atoms with E-state index >= 15 is 0 Å². The van der Waals surface area contributed by atoms with E-state index in [9.17, 15) is 9.90 Å². The van der Waals surface area contributed by atoms with E-state index in [0.29, 0.717) is 45.9 Å². The van der Waals surface area contributed by atoms with Gasteiger partial charge in [0.05, 0.1) is 31.0 Å². The van der Waals surface area contributed by atoms with Crippen molar-refractivity contribution in [3.05, 3.63) is 42.3 Å². The molecule has 12 heteroatoms. The molecular formula is C21H23N7O4S. The molecule has 0 radical (unpaired) electrons. The highest BCUT2D eigenvalue weighted by molar-refractivity contribution is 7.21. The highest BCUT2D eigenvalue weighted by Crippen LogP contribution is 2.28. The minimum atomic E-state index is -0.611. The van der Waals surface area contributed by atoms with Crippen LogP contribution in [0.15, 0.2) is 35.1 Å². The van der Waals surface area contributed by atoms with Gasteiger partial charge in [0.15, 0.2) is 11.0 Å². The predicted octanol–water partition coefficient (Wildman–Crippen LogP) is 2.78. The zero-order chi connectivity index (χ0) is 23.4. The Morgan fingerprint density at radius 3 is 2.88 bits per heavy atom. The first kappa shape index (κ1) is 22.6. The lowest BCUT2D eigenvalue weighted by atomic mass is 9.95. The van der Waals surface area contributed by atoms with Gasteiger partial charge in [-0.2, -0.15) is 4.98 Å². The number of aromatic nitrogens is 5. The summed E-state index contributed by atoms with van der Waals surface area (Å²) < 4.78 is 10.4. The summed E-state index contributed by atoms with van der Waals surface area (Å²) in [6, 6.07) is 5.15. The van der Waals surface area contributed by atoms with Crippen LogP contribution in [-0.2, 0) is 11.8 Å². The van der Waals surface area contributed by atoms with Crippen LogP contribution < -0.4 is 15.4 Å². The fourth-order valence-corrected chi connectivity index (χ4v) is 3.66. The zero-order valence-corrected chi connectivity index (χ0v) is 19.1. The molecule has 4 rings (SSSR count). The van der Waals surface area contributed by atoms with Gasteiger partial charge in [-0.25, -0.2) is 14.8 Å². The van der Waals surface area contributed by atoms with Gasteiger partial charge in [0.1, 0.15) is 16.1 Å². The number of urea groups is 1. The third-order valence-electron chi connectivity index (χ3n) is 4.80. The van der Waals surface area contributed by atoms with Gasteiger partial charge in [-0.05, 0) is 32.0 Å². The van der Waals surface area contributed by atoms with Gasteiger partial charge in [0.25, 0.3) is 0 Å². The quantitative estimate of drug-likeness (QED) is 0.354. The van der Waals surface area contributed by atoms with E-state index in [-0.39, 0.29) is 6.61 Å². The smallest absolute Gasteiger partial charge is 0.321 e. The third-order valence-corrected chi connectivity index (χ3v) is 5.68. The van der Waals surface area contributed by atoms with E-state index < -0.39 is 11.4 Å². The highest BCUT2D eigenvalue weighted by Gasteiger charge is 2.26. The molecule has 172 valence electrons. The molecule has 4 aromatic heterocycles. The van der Waals surface area contributed by atoms with Crippen LogP contribution in [0.4, 0.5) is 9.93 Å². The number of methoxy groups -OCH3 is 1. The topological polar surface area (TPSA) is 148 Å². The number of amides is 2. The summed E-state index contributed by atoms with van der Waals surface area (Å²) >= 11 is 1.27. The molecule has 33 heavy (non-hydrogen) atoms. The number of nitrogens with one attached hydrogen (secondary N) is 2. The van der Waals surface area contributed by atoms with Gasteiger partial charge in [-0.3, -0.25) is 10.3 Å². The number of carbonyl (C=O) groups excluding carboxylic acids is 1. The Kier molecular flexibility index (Phi) is 6.47. The molecule has 3 N–H and O–H groups in total. The molecular weight excluding hydrogens is 446 g/mol. The molecule has 0 aliphatic rings. The summed E-state index contributed by atoms with van der Waals surface area (Å²) in [7, 11) is 1.58. The molecule has 0 aromatic carbocycles. The summed E-state index contributed by atoms with van der Waals surface area (Å²) in [5, 5.41) is 19.2. The summed E-state index contributed by atoms with van der Waals surface area (Å²) in [6.45, 7) is 3.81. The molecule has 2 amide bonds. The number of carbonyl (C=O) groups is 1. The van der Waals surface area contributed by atoms with E-state index in [0.717, 1.165) is 11.3 Å². The largest absolute Gasteiger partial charge is 0.495 e. The summed E-state index contributed by atoms with van der Waals surface area (Å²) in [6.07, 6.45) is 3.72. The second-order valence-corrected chi connectivity index (χ2v) is 8.82. The highest BCUT2D eigenvalue weighted by atomic mass is 32.1. The van der Waals surface area contributed by atoms with E-state index in [4.69, 9.17) is 9.26 Å². The van der Waals surface area contributed by atoms with Crippen molar-refractivity contribution in [2.24, 2.45) is 0 Å². The Balaban J connectivity index is 1.35. The van der Waals surface area contributed by atoms with Crippen LogP contribution in [0.1, 0.15) is 25.6 Å². The molecule has 4 heterocycles. The Morgan fingerprint density at radius 2 is 2.09 bits per heavy atom. The first-order chi connectivity index (χ1) is 15.9. The number of rotatable bonds is 8. The number of nitrogens with zero attached hydrogens (tertiary/aromatic N) is 5. The minimum Gasteiger partial charge on any atom is -0.495 e. The standard InChI is InChI=1S/C21H23N7O4S/c1-21(2,11-29)18-26-16(28-32-18)6-7-23-19(30)27-20-25-15-5-4-14(24-17(15)33-20)12-8-13(31-3)10-22-9-12/h4-5,8-10,29H,6-7,11H2,1-3H3,(H2,23,25,27,30). The van der Waals surface area contributed by atoms with Gasteiger partial charge in [-0.1, -0.05) is 16.5 Å². The molecule has 0 fully saturated rings. The van der Waals surface area contributed by atoms with Crippen LogP contribution in [0.25, 0.3) is 21.6 Å². The molecule has 0 bridgehead atoms. The average Bonchev–Trinajstić information content (AvgIpc) is 3.45. The van der Waals surface area contributed by atoms with Gasteiger partial charge < -0.3 is 19.7 Å². The van der Waals surface area contributed by atoms with E-state index in [2.05, 4.69) is 35.7 Å². The van der Waals surface area contributed by atoms with Gasteiger partial charge in [-0.15, -0.1) is 0 Å². The lowest BCUT2D eigenvalue weighted by Gasteiger charge is -2.14. The number of anilines is 1. The number of hydrogen-bond donors (Lipinski definition) is 3. The van der Waals surface area contributed by atoms with Crippen LogP contribution in [-0.4, -0.2) is 56.5 Å². The molecule has 0 spiro atoms. The maximum atomic E-state index is 12.3. The van der Waals surface area contributed by atoms with Crippen molar-refractivity contribution in [1.29, 1.82) is 0 Å². The van der Waals surface area contributed by atoms with Gasteiger partial charge >= 0.3 is 6.03 Å². The Bertz CT molecular complexity index is 1270. The zero-order valence-electron chi connectivity index (χ0n) is 18.3. The second kappa shape index (κ2) is 9.46. The fourth-order valence-electron chi connectivity index (χ4n) is 2.83. The second-order valence-electron chi connectivity index (χ2n) is 7.84. The maximum Gasteiger partial charge on any atom is 0.321 e. The summed E-state index contributed by atoms with van der Waals surface area (Å²) in [5.74, 6) is 1.46. The SMILES string of the molecule is COc1cncc(-c2ccc3nc(NC(=O)NCCc4noc(C(C)(C)CO)n4)sc3n2)c1. The molecule has 0 saturated heterocycles. The average molecular weight is 470 g/mol. The van der Waals surface area contributed by atoms with Crippen LogP contribution in [0.5, 0.6) is 5.75 Å². The van der Waals surface area contributed by atoms with E-state index in [1.54, 1.807) is 33.4 Å². The van der Waals surface area contributed by atoms with E-state index in [1.165, 1.54) is 11.3 Å². The Morgan fingerprint density at radius 1 is 1.24 bits per heavy atom. The molecule has 0 saturated carbocycles. The van der Waals surface area contributed by atoms with Crippen molar-refractivity contribution in [3.8, 4) is 17.0 Å². The molecule has 0 atom stereocenters. The van der Waals surface area contributed by atoms with Gasteiger partial charge in [0.2, 0.25) is 5.89 Å². The van der Waals surface area contributed by atoms with Crippen LogP contribution >= 0.6 is 11.3 Å². The Labute approximate surface area is 193 Å². The molecule has 0 aliphatic heterocycles. The lowest BCUT2D eigenvalue weighted by molar-refractivity contribution is 0.182. The van der Waals surface area contributed by atoms with Crippen molar-refractivity contribution in [3.63, 3.8) is 0 Å². The maximum absolute atomic E-state index is 12.3. The predicted molar refractivity (Wildman–Crippen MR) is 122 cm³/mol. The molecule has 0 unspecified atom stereocenters. The van der Waals surface area contributed by atoms with Crippen molar-refractivity contribution < 1.29 is 19.2 Å². The summed E-state index contributed by atoms with van der Waals surface area (Å²) in [4.78, 5) is 30.4. The van der Waals surface area contributed by atoms with Crippen molar-refractivity contribution in [2.75, 3.05) is 25.6 Å². The van der Waals surface area contributed by atoms with Crippen molar-refractivity contribution >= 4 is 32.8 Å². The summed E-state index contributed by atoms with van der Waals surface area (Å²) in [5.41, 5.74) is 1.63. The van der Waals surface area contributed by atoms with Crippen LogP contribution in [0.3, 0.4) is 0 Å². The fraction of sp³-hybridized carbons (Fsp3) is 0.333. The first-order valence-corrected chi connectivity index (χ1v) is 11.0. The first-order valence-electron chi connectivity index (χ1n) is 10.1. The van der Waals surface area contributed by atoms with Crippen molar-refractivity contribution in [2.45, 2.75) is 25.7 Å². The number of hydrogen-bond acceptors (Lipinski definition) is 10.